The molecule has 0 bridgehead atoms. The molecule has 0 saturated heterocycles. The Balaban J connectivity index is 1.63. The molecule has 0 atom stereocenters. The third-order valence-corrected chi connectivity index (χ3v) is 3.79. The van der Waals surface area contributed by atoms with E-state index in [0.717, 1.165) is 22.9 Å². The zero-order valence-corrected chi connectivity index (χ0v) is 13.8. The second-order valence-electron chi connectivity index (χ2n) is 5.52. The Hall–Kier alpha value is -3.15. The number of carbonyl (C=O) groups is 1. The third-order valence-electron chi connectivity index (χ3n) is 3.79. The molecule has 0 aliphatic heterocycles. The zero-order valence-electron chi connectivity index (χ0n) is 13.8. The van der Waals surface area contributed by atoms with Crippen molar-refractivity contribution >= 4 is 16.9 Å². The lowest BCUT2D eigenvalue weighted by atomic mass is 10.1. The van der Waals surface area contributed by atoms with Gasteiger partial charge >= 0.3 is 5.63 Å². The zero-order chi connectivity index (χ0) is 17.6. The first kappa shape index (κ1) is 16.7. The lowest BCUT2D eigenvalue weighted by molar-refractivity contribution is -0.123. The van der Waals surface area contributed by atoms with E-state index in [-0.39, 0.29) is 12.5 Å². The standard InChI is InChI=1S/C19H18N2O4/c1-2-14-9-19(23)25-17-10-15(3-4-16(14)17)24-12-18(22)21-11-13-5-7-20-8-6-13/h3-10H,2,11-12H2,1H3,(H,21,22). The van der Waals surface area contributed by atoms with Crippen LogP contribution in [0.4, 0.5) is 0 Å². The maximum absolute atomic E-state index is 11.9. The largest absolute Gasteiger partial charge is 0.484 e. The summed E-state index contributed by atoms with van der Waals surface area (Å²) in [6.45, 7) is 2.28. The normalized spacial score (nSPS) is 10.6. The van der Waals surface area contributed by atoms with Gasteiger partial charge in [-0.2, -0.15) is 0 Å². The number of hydrogen-bond donors (Lipinski definition) is 1. The Morgan fingerprint density at radius 2 is 2.00 bits per heavy atom. The first-order valence-electron chi connectivity index (χ1n) is 8.01. The molecule has 0 fully saturated rings. The summed E-state index contributed by atoms with van der Waals surface area (Å²) in [4.78, 5) is 27.4. The Kier molecular flexibility index (Phi) is 5.09. The van der Waals surface area contributed by atoms with Crippen molar-refractivity contribution in [3.63, 3.8) is 0 Å². The summed E-state index contributed by atoms with van der Waals surface area (Å²) in [6, 6.07) is 10.4. The fourth-order valence-electron chi connectivity index (χ4n) is 2.49. The Bertz CT molecular complexity index is 935. The van der Waals surface area contributed by atoms with Gasteiger partial charge in [0, 0.05) is 36.5 Å². The summed E-state index contributed by atoms with van der Waals surface area (Å²) in [6.07, 6.45) is 4.08. The summed E-state index contributed by atoms with van der Waals surface area (Å²) >= 11 is 0. The molecule has 6 heteroatoms. The van der Waals surface area contributed by atoms with Crippen molar-refractivity contribution in [1.29, 1.82) is 0 Å². The molecule has 0 aliphatic carbocycles. The molecule has 2 aromatic heterocycles. The smallest absolute Gasteiger partial charge is 0.336 e. The summed E-state index contributed by atoms with van der Waals surface area (Å²) in [5.41, 5.74) is 1.95. The predicted octanol–water partition coefficient (Wildman–Crippen LogP) is 2.45. The van der Waals surface area contributed by atoms with Crippen LogP contribution in [0.25, 0.3) is 11.0 Å². The number of fused-ring (bicyclic) bond motifs is 1. The van der Waals surface area contributed by atoms with E-state index < -0.39 is 5.63 Å². The predicted molar refractivity (Wildman–Crippen MR) is 93.4 cm³/mol. The number of benzene rings is 1. The molecule has 1 aromatic carbocycles. The van der Waals surface area contributed by atoms with Crippen molar-refractivity contribution in [1.82, 2.24) is 10.3 Å². The van der Waals surface area contributed by atoms with E-state index in [2.05, 4.69) is 10.3 Å². The van der Waals surface area contributed by atoms with Crippen LogP contribution < -0.4 is 15.7 Å². The van der Waals surface area contributed by atoms with Gasteiger partial charge in [-0.15, -0.1) is 0 Å². The maximum atomic E-state index is 11.9. The average Bonchev–Trinajstić information content (AvgIpc) is 2.64. The molecule has 128 valence electrons. The van der Waals surface area contributed by atoms with Gasteiger partial charge in [-0.1, -0.05) is 6.92 Å². The van der Waals surface area contributed by atoms with E-state index >= 15 is 0 Å². The van der Waals surface area contributed by atoms with Crippen molar-refractivity contribution in [2.45, 2.75) is 19.9 Å². The molecule has 3 aromatic rings. The van der Waals surface area contributed by atoms with E-state index in [9.17, 15) is 9.59 Å². The lowest BCUT2D eigenvalue weighted by Gasteiger charge is -2.09. The van der Waals surface area contributed by atoms with Crippen LogP contribution in [0.1, 0.15) is 18.1 Å². The van der Waals surface area contributed by atoms with E-state index in [0.29, 0.717) is 17.9 Å². The van der Waals surface area contributed by atoms with E-state index in [1.807, 2.05) is 25.1 Å². The number of aromatic nitrogens is 1. The molecule has 3 rings (SSSR count). The molecule has 0 saturated carbocycles. The van der Waals surface area contributed by atoms with Crippen molar-refractivity contribution < 1.29 is 13.9 Å². The van der Waals surface area contributed by atoms with Crippen LogP contribution in [0, 0.1) is 0 Å². The van der Waals surface area contributed by atoms with Gasteiger partial charge in [0.1, 0.15) is 11.3 Å². The average molecular weight is 338 g/mol. The van der Waals surface area contributed by atoms with Crippen molar-refractivity contribution in [2.24, 2.45) is 0 Å². The van der Waals surface area contributed by atoms with Crippen molar-refractivity contribution in [3.8, 4) is 5.75 Å². The molecule has 6 nitrogen and oxygen atoms in total. The molecule has 0 spiro atoms. The Morgan fingerprint density at radius 3 is 2.76 bits per heavy atom. The van der Waals surface area contributed by atoms with Crippen LogP contribution >= 0.6 is 0 Å². The Labute approximate surface area is 144 Å². The summed E-state index contributed by atoms with van der Waals surface area (Å²) in [5, 5.41) is 3.64. The van der Waals surface area contributed by atoms with Crippen LogP contribution in [0.2, 0.25) is 0 Å². The van der Waals surface area contributed by atoms with E-state index in [1.165, 1.54) is 6.07 Å². The highest BCUT2D eigenvalue weighted by Gasteiger charge is 2.07. The van der Waals surface area contributed by atoms with Crippen LogP contribution in [0.5, 0.6) is 5.75 Å². The molecule has 25 heavy (non-hydrogen) atoms. The first-order chi connectivity index (χ1) is 12.2. The number of rotatable bonds is 6. The van der Waals surface area contributed by atoms with E-state index in [4.69, 9.17) is 9.15 Å². The molecule has 0 aliphatic rings. The highest BCUT2D eigenvalue weighted by atomic mass is 16.5. The fourth-order valence-corrected chi connectivity index (χ4v) is 2.49. The number of aryl methyl sites for hydroxylation is 1. The lowest BCUT2D eigenvalue weighted by Crippen LogP contribution is -2.28. The molecule has 1 amide bonds. The van der Waals surface area contributed by atoms with Gasteiger partial charge in [0.05, 0.1) is 0 Å². The monoisotopic (exact) mass is 338 g/mol. The first-order valence-corrected chi connectivity index (χ1v) is 8.01. The molecule has 2 heterocycles. The minimum Gasteiger partial charge on any atom is -0.484 e. The third kappa shape index (κ3) is 4.23. The molecule has 0 unspecified atom stereocenters. The van der Waals surface area contributed by atoms with Gasteiger partial charge in [-0.25, -0.2) is 4.79 Å². The van der Waals surface area contributed by atoms with Gasteiger partial charge in [0.2, 0.25) is 0 Å². The summed E-state index contributed by atoms with van der Waals surface area (Å²) in [7, 11) is 0. The minimum atomic E-state index is -0.392. The van der Waals surface area contributed by atoms with Gasteiger partial charge in [-0.3, -0.25) is 9.78 Å². The van der Waals surface area contributed by atoms with Gasteiger partial charge in [-0.05, 0) is 41.8 Å². The second-order valence-corrected chi connectivity index (χ2v) is 5.52. The van der Waals surface area contributed by atoms with Crippen molar-refractivity contribution in [2.75, 3.05) is 6.61 Å². The highest BCUT2D eigenvalue weighted by Crippen LogP contribution is 2.22. The van der Waals surface area contributed by atoms with E-state index in [1.54, 1.807) is 24.5 Å². The number of nitrogens with zero attached hydrogens (tertiary/aromatic N) is 1. The maximum Gasteiger partial charge on any atom is 0.336 e. The SMILES string of the molecule is CCc1cc(=O)oc2cc(OCC(=O)NCc3ccncc3)ccc12. The summed E-state index contributed by atoms with van der Waals surface area (Å²) in [5.74, 6) is 0.239. The van der Waals surface area contributed by atoms with Crippen LogP contribution in [-0.2, 0) is 17.8 Å². The minimum absolute atomic E-state index is 0.117. The number of ether oxygens (including phenoxy) is 1. The number of pyridine rings is 1. The topological polar surface area (TPSA) is 81.4 Å². The van der Waals surface area contributed by atoms with Crippen LogP contribution in [0.15, 0.2) is 58.0 Å². The number of amides is 1. The quantitative estimate of drug-likeness (QED) is 0.698. The van der Waals surface area contributed by atoms with Gasteiger partial charge in [0.25, 0.3) is 5.91 Å². The number of carbonyl (C=O) groups excluding carboxylic acids is 1. The van der Waals surface area contributed by atoms with Gasteiger partial charge in [0.15, 0.2) is 6.61 Å². The van der Waals surface area contributed by atoms with Crippen LogP contribution in [-0.4, -0.2) is 17.5 Å². The second kappa shape index (κ2) is 7.61. The number of nitrogens with one attached hydrogen (secondary N) is 1. The molecular formula is C19H18N2O4. The summed E-state index contributed by atoms with van der Waals surface area (Å²) < 4.78 is 10.7. The fraction of sp³-hybridized carbons (Fsp3) is 0.211. The molecule has 1 N–H and O–H groups in total. The molecular weight excluding hydrogens is 320 g/mol. The molecule has 0 radical (unpaired) electrons. The van der Waals surface area contributed by atoms with Crippen LogP contribution in [0.3, 0.4) is 0 Å². The number of hydrogen-bond acceptors (Lipinski definition) is 5. The highest BCUT2D eigenvalue weighted by molar-refractivity contribution is 5.82. The Morgan fingerprint density at radius 1 is 1.20 bits per heavy atom. The van der Waals surface area contributed by atoms with Gasteiger partial charge < -0.3 is 14.5 Å². The van der Waals surface area contributed by atoms with Crippen molar-refractivity contribution in [3.05, 3.63) is 70.3 Å².